The summed E-state index contributed by atoms with van der Waals surface area (Å²) in [4.78, 5) is 27.9. The molecule has 1 aromatic carbocycles. The third-order valence-corrected chi connectivity index (χ3v) is 5.09. The molecular weight excluding hydrogens is 372 g/mol. The number of ether oxygens (including phenoxy) is 3. The summed E-state index contributed by atoms with van der Waals surface area (Å²) in [5, 5.41) is 0. The molecule has 1 atom stereocenters. The number of carbonyl (C=O) groups excluding carboxylic acids is 2. The van der Waals surface area contributed by atoms with Crippen molar-refractivity contribution in [2.24, 2.45) is 0 Å². The molecule has 0 saturated carbocycles. The van der Waals surface area contributed by atoms with Crippen LogP contribution in [0, 0.1) is 0 Å². The molecule has 0 radical (unpaired) electrons. The van der Waals surface area contributed by atoms with Crippen LogP contribution in [-0.4, -0.2) is 66.0 Å². The molecule has 0 aliphatic carbocycles. The van der Waals surface area contributed by atoms with Crippen molar-refractivity contribution in [2.75, 3.05) is 26.2 Å². The molecule has 0 aromatic heterocycles. The van der Waals surface area contributed by atoms with Crippen molar-refractivity contribution >= 4 is 12.2 Å². The molecule has 160 valence electrons. The van der Waals surface area contributed by atoms with E-state index in [2.05, 4.69) is 0 Å². The minimum absolute atomic E-state index is 0.0316. The van der Waals surface area contributed by atoms with Gasteiger partial charge >= 0.3 is 12.2 Å². The van der Waals surface area contributed by atoms with Gasteiger partial charge in [-0.05, 0) is 45.6 Å². The van der Waals surface area contributed by atoms with Crippen LogP contribution in [0.15, 0.2) is 30.3 Å². The normalized spacial score (nSPS) is 20.6. The number of rotatable bonds is 4. The molecule has 2 aliphatic rings. The largest absolute Gasteiger partial charge is 0.445 e. The van der Waals surface area contributed by atoms with Crippen LogP contribution in [0.2, 0.25) is 0 Å². The van der Waals surface area contributed by atoms with E-state index in [1.165, 1.54) is 0 Å². The molecule has 7 heteroatoms. The SMILES string of the molecule is CC(C)(C)OC(=O)N1CC[C@H](OC2CCN(C(=O)OCc3ccccc3)CC2)C1. The number of hydrogen-bond acceptors (Lipinski definition) is 5. The first-order chi connectivity index (χ1) is 13.8. The van der Waals surface area contributed by atoms with Crippen molar-refractivity contribution < 1.29 is 23.8 Å². The highest BCUT2D eigenvalue weighted by Gasteiger charge is 2.33. The van der Waals surface area contributed by atoms with Crippen molar-refractivity contribution in [3.05, 3.63) is 35.9 Å². The number of hydrogen-bond donors (Lipinski definition) is 0. The molecule has 7 nitrogen and oxygen atoms in total. The van der Waals surface area contributed by atoms with E-state index in [4.69, 9.17) is 14.2 Å². The fourth-order valence-electron chi connectivity index (χ4n) is 3.59. The number of amides is 2. The summed E-state index contributed by atoms with van der Waals surface area (Å²) in [5.74, 6) is 0. The van der Waals surface area contributed by atoms with E-state index < -0.39 is 5.60 Å². The topological polar surface area (TPSA) is 68.3 Å². The summed E-state index contributed by atoms with van der Waals surface area (Å²) in [6.07, 6.45) is 1.97. The maximum atomic E-state index is 12.3. The lowest BCUT2D eigenvalue weighted by Crippen LogP contribution is -2.42. The van der Waals surface area contributed by atoms with Gasteiger partial charge in [-0.1, -0.05) is 30.3 Å². The number of piperidine rings is 1. The summed E-state index contributed by atoms with van der Waals surface area (Å²) in [5.41, 5.74) is 0.493. The average Bonchev–Trinajstić information content (AvgIpc) is 3.15. The predicted octanol–water partition coefficient (Wildman–Crippen LogP) is 3.81. The second-order valence-electron chi connectivity index (χ2n) is 8.70. The Morgan fingerprint density at radius 2 is 1.55 bits per heavy atom. The van der Waals surface area contributed by atoms with Crippen molar-refractivity contribution in [1.82, 2.24) is 9.80 Å². The first kappa shape index (κ1) is 21.4. The fourth-order valence-corrected chi connectivity index (χ4v) is 3.59. The lowest BCUT2D eigenvalue weighted by atomic mass is 10.1. The van der Waals surface area contributed by atoms with Crippen molar-refractivity contribution in [3.8, 4) is 0 Å². The molecule has 0 bridgehead atoms. The number of carbonyl (C=O) groups is 2. The van der Waals surface area contributed by atoms with Gasteiger partial charge in [-0.2, -0.15) is 0 Å². The van der Waals surface area contributed by atoms with E-state index in [9.17, 15) is 9.59 Å². The van der Waals surface area contributed by atoms with Gasteiger partial charge in [0.2, 0.25) is 0 Å². The number of nitrogens with zero attached hydrogens (tertiary/aromatic N) is 2. The van der Waals surface area contributed by atoms with Crippen LogP contribution < -0.4 is 0 Å². The molecule has 0 N–H and O–H groups in total. The molecule has 2 heterocycles. The van der Waals surface area contributed by atoms with Crippen molar-refractivity contribution in [2.45, 2.75) is 64.4 Å². The quantitative estimate of drug-likeness (QED) is 0.763. The highest BCUT2D eigenvalue weighted by atomic mass is 16.6. The van der Waals surface area contributed by atoms with Crippen LogP contribution in [0.4, 0.5) is 9.59 Å². The summed E-state index contributed by atoms with van der Waals surface area (Å²) in [7, 11) is 0. The molecular formula is C22H32N2O5. The standard InChI is InChI=1S/C22H32N2O5/c1-22(2,3)29-21(26)24-14-11-19(15-24)28-18-9-12-23(13-10-18)20(25)27-16-17-7-5-4-6-8-17/h4-8,18-19H,9-16H2,1-3H3/t19-/m0/s1. The minimum Gasteiger partial charge on any atom is -0.445 e. The van der Waals surface area contributed by atoms with Gasteiger partial charge in [-0.25, -0.2) is 9.59 Å². The lowest BCUT2D eigenvalue weighted by Gasteiger charge is -2.32. The lowest BCUT2D eigenvalue weighted by molar-refractivity contribution is -0.0381. The molecule has 2 aliphatic heterocycles. The molecule has 0 unspecified atom stereocenters. The van der Waals surface area contributed by atoms with Gasteiger partial charge in [0.1, 0.15) is 12.2 Å². The van der Waals surface area contributed by atoms with Crippen LogP contribution in [0.25, 0.3) is 0 Å². The monoisotopic (exact) mass is 404 g/mol. The van der Waals surface area contributed by atoms with E-state index in [0.29, 0.717) is 32.8 Å². The van der Waals surface area contributed by atoms with Gasteiger partial charge in [-0.15, -0.1) is 0 Å². The fraction of sp³-hybridized carbons (Fsp3) is 0.636. The molecule has 0 spiro atoms. The molecule has 2 saturated heterocycles. The molecule has 3 rings (SSSR count). The zero-order chi connectivity index (χ0) is 20.9. The Hall–Kier alpha value is -2.28. The zero-order valence-electron chi connectivity index (χ0n) is 17.6. The second-order valence-corrected chi connectivity index (χ2v) is 8.70. The Morgan fingerprint density at radius 1 is 0.931 bits per heavy atom. The molecule has 2 amide bonds. The Kier molecular flexibility index (Phi) is 7.00. The predicted molar refractivity (Wildman–Crippen MR) is 109 cm³/mol. The molecule has 29 heavy (non-hydrogen) atoms. The highest BCUT2D eigenvalue weighted by molar-refractivity contribution is 5.68. The van der Waals surface area contributed by atoms with Gasteiger partial charge in [0.25, 0.3) is 0 Å². The van der Waals surface area contributed by atoms with Crippen LogP contribution >= 0.6 is 0 Å². The maximum absolute atomic E-state index is 12.3. The number of likely N-dealkylation sites (tertiary alicyclic amines) is 2. The second kappa shape index (κ2) is 9.48. The Bertz CT molecular complexity index is 680. The van der Waals surface area contributed by atoms with Crippen molar-refractivity contribution in [1.29, 1.82) is 0 Å². The molecule has 2 fully saturated rings. The summed E-state index contributed by atoms with van der Waals surface area (Å²) in [6.45, 7) is 8.37. The minimum atomic E-state index is -0.488. The van der Waals surface area contributed by atoms with Crippen LogP contribution in [0.1, 0.15) is 45.6 Å². The van der Waals surface area contributed by atoms with Gasteiger partial charge in [-0.3, -0.25) is 0 Å². The maximum Gasteiger partial charge on any atom is 0.410 e. The smallest absolute Gasteiger partial charge is 0.410 e. The van der Waals surface area contributed by atoms with E-state index in [1.54, 1.807) is 9.80 Å². The van der Waals surface area contributed by atoms with Gasteiger partial charge < -0.3 is 24.0 Å². The third kappa shape index (κ3) is 6.63. The van der Waals surface area contributed by atoms with Crippen LogP contribution in [0.3, 0.4) is 0 Å². The zero-order valence-corrected chi connectivity index (χ0v) is 17.6. The van der Waals surface area contributed by atoms with E-state index in [0.717, 1.165) is 24.8 Å². The van der Waals surface area contributed by atoms with E-state index >= 15 is 0 Å². The first-order valence-corrected chi connectivity index (χ1v) is 10.4. The van der Waals surface area contributed by atoms with Gasteiger partial charge in [0.15, 0.2) is 0 Å². The summed E-state index contributed by atoms with van der Waals surface area (Å²) < 4.78 is 17.0. The summed E-state index contributed by atoms with van der Waals surface area (Å²) >= 11 is 0. The average molecular weight is 405 g/mol. The number of benzene rings is 1. The van der Waals surface area contributed by atoms with Crippen molar-refractivity contribution in [3.63, 3.8) is 0 Å². The van der Waals surface area contributed by atoms with Crippen LogP contribution in [-0.2, 0) is 20.8 Å². The van der Waals surface area contributed by atoms with E-state index in [-0.39, 0.29) is 24.4 Å². The highest BCUT2D eigenvalue weighted by Crippen LogP contribution is 2.22. The third-order valence-electron chi connectivity index (χ3n) is 5.09. The van der Waals surface area contributed by atoms with Gasteiger partial charge in [0.05, 0.1) is 18.8 Å². The van der Waals surface area contributed by atoms with Crippen LogP contribution in [0.5, 0.6) is 0 Å². The Balaban J connectivity index is 1.36. The van der Waals surface area contributed by atoms with E-state index in [1.807, 2.05) is 51.1 Å². The first-order valence-electron chi connectivity index (χ1n) is 10.4. The van der Waals surface area contributed by atoms with Gasteiger partial charge in [0, 0.05) is 19.6 Å². The summed E-state index contributed by atoms with van der Waals surface area (Å²) in [6, 6.07) is 9.68. The Labute approximate surface area is 172 Å². The molecule has 1 aromatic rings. The Morgan fingerprint density at radius 3 is 2.21 bits per heavy atom.